The van der Waals surface area contributed by atoms with Gasteiger partial charge in [0.2, 0.25) is 0 Å². The Bertz CT molecular complexity index is 390. The van der Waals surface area contributed by atoms with Crippen LogP contribution in [0.1, 0.15) is 36.7 Å². The summed E-state index contributed by atoms with van der Waals surface area (Å²) in [4.78, 5) is 3.94. The number of halogens is 3. The number of ether oxygens (including phenoxy) is 1. The highest BCUT2D eigenvalue weighted by Crippen LogP contribution is 2.37. The Hall–Kier alpha value is -0.660. The highest BCUT2D eigenvalue weighted by atomic mass is 32.1. The largest absolute Gasteiger partial charge is 0.443 e. The molecular formula is C11H17F3N2OS. The zero-order valence-corrected chi connectivity index (χ0v) is 11.6. The number of hydrogen-bond acceptors (Lipinski definition) is 4. The number of hydrogen-bond donors (Lipinski definition) is 1. The summed E-state index contributed by atoms with van der Waals surface area (Å²) in [6.07, 6.45) is -3.13. The van der Waals surface area contributed by atoms with Gasteiger partial charge in [0.1, 0.15) is 0 Å². The van der Waals surface area contributed by atoms with Gasteiger partial charge in [-0.2, -0.15) is 13.2 Å². The molecule has 0 saturated carbocycles. The normalized spacial score (nSPS) is 14.8. The van der Waals surface area contributed by atoms with E-state index in [2.05, 4.69) is 10.3 Å². The van der Waals surface area contributed by atoms with Crippen LogP contribution in [0.4, 0.5) is 13.2 Å². The quantitative estimate of drug-likeness (QED) is 0.900. The molecule has 0 spiro atoms. The molecule has 0 aliphatic heterocycles. The first-order valence-corrected chi connectivity index (χ1v) is 6.38. The van der Waals surface area contributed by atoms with Gasteiger partial charge in [0.15, 0.2) is 5.01 Å². The maximum Gasteiger partial charge on any atom is 0.443 e. The third-order valence-corrected chi connectivity index (χ3v) is 3.66. The topological polar surface area (TPSA) is 34.1 Å². The molecule has 1 aromatic rings. The lowest BCUT2D eigenvalue weighted by molar-refractivity contribution is -0.137. The maximum absolute atomic E-state index is 12.5. The van der Waals surface area contributed by atoms with Crippen LogP contribution in [-0.4, -0.2) is 24.2 Å². The zero-order chi connectivity index (χ0) is 14.0. The molecule has 1 heterocycles. The molecule has 0 aliphatic rings. The predicted octanol–water partition coefficient (Wildman–Crippen LogP) is 3.24. The van der Waals surface area contributed by atoms with E-state index in [1.807, 2.05) is 20.8 Å². The van der Waals surface area contributed by atoms with Crippen LogP contribution in [0.15, 0.2) is 6.20 Å². The molecule has 0 fully saturated rings. The number of alkyl halides is 3. The van der Waals surface area contributed by atoms with Crippen LogP contribution in [0, 0.1) is 0 Å². The number of nitrogens with zero attached hydrogens (tertiary/aromatic N) is 1. The Morgan fingerprint density at radius 2 is 2.06 bits per heavy atom. The molecule has 104 valence electrons. The molecule has 1 unspecified atom stereocenters. The van der Waals surface area contributed by atoms with E-state index in [0.717, 1.165) is 0 Å². The van der Waals surface area contributed by atoms with Crippen molar-refractivity contribution in [2.45, 2.75) is 38.6 Å². The number of nitrogens with one attached hydrogen (secondary N) is 1. The molecule has 0 aliphatic carbocycles. The molecule has 0 amide bonds. The third kappa shape index (κ3) is 3.43. The van der Waals surface area contributed by atoms with Crippen LogP contribution in [0.2, 0.25) is 0 Å². The summed E-state index contributed by atoms with van der Waals surface area (Å²) in [5, 5.41) is 2.16. The fourth-order valence-corrected chi connectivity index (χ4v) is 2.91. The number of rotatable bonds is 5. The molecule has 1 N–H and O–H groups in total. The summed E-state index contributed by atoms with van der Waals surface area (Å²) in [5.74, 6) is 0. The van der Waals surface area contributed by atoms with E-state index < -0.39 is 16.8 Å². The van der Waals surface area contributed by atoms with E-state index >= 15 is 0 Å². The highest BCUT2D eigenvalue weighted by molar-refractivity contribution is 7.11. The summed E-state index contributed by atoms with van der Waals surface area (Å²) >= 11 is 0.647. The first-order valence-electron chi connectivity index (χ1n) is 5.56. The minimum atomic E-state index is -4.39. The summed E-state index contributed by atoms with van der Waals surface area (Å²) in [6.45, 7) is 6.02. The molecule has 18 heavy (non-hydrogen) atoms. The third-order valence-electron chi connectivity index (χ3n) is 2.55. The molecule has 0 radical (unpaired) electrons. The van der Waals surface area contributed by atoms with Crippen molar-refractivity contribution in [2.75, 3.05) is 13.7 Å². The molecule has 0 saturated heterocycles. The van der Waals surface area contributed by atoms with Crippen LogP contribution in [0.25, 0.3) is 0 Å². The lowest BCUT2D eigenvalue weighted by atomic mass is 9.97. The lowest BCUT2D eigenvalue weighted by Gasteiger charge is -2.33. The minimum Gasteiger partial charge on any atom is -0.374 e. The van der Waals surface area contributed by atoms with Crippen LogP contribution in [-0.2, 0) is 10.9 Å². The van der Waals surface area contributed by atoms with Crippen LogP contribution in [0.5, 0.6) is 0 Å². The second-order valence-corrected chi connectivity index (χ2v) is 5.39. The lowest BCUT2D eigenvalue weighted by Crippen LogP contribution is -2.39. The van der Waals surface area contributed by atoms with Gasteiger partial charge in [-0.25, -0.2) is 4.98 Å². The minimum absolute atomic E-state index is 0.328. The summed E-state index contributed by atoms with van der Waals surface area (Å²) in [7, 11) is 1.69. The van der Waals surface area contributed by atoms with Crippen molar-refractivity contribution in [2.24, 2.45) is 0 Å². The van der Waals surface area contributed by atoms with Gasteiger partial charge in [0.25, 0.3) is 0 Å². The van der Waals surface area contributed by atoms with Gasteiger partial charge in [0, 0.05) is 17.7 Å². The molecule has 1 atom stereocenters. The average Bonchev–Trinajstić information content (AvgIpc) is 2.66. The van der Waals surface area contributed by atoms with Gasteiger partial charge in [0.05, 0.1) is 11.6 Å². The molecule has 1 aromatic heterocycles. The van der Waals surface area contributed by atoms with Gasteiger partial charge in [-0.1, -0.05) is 0 Å². The van der Waals surface area contributed by atoms with E-state index in [0.29, 0.717) is 22.8 Å². The highest BCUT2D eigenvalue weighted by Gasteiger charge is 2.37. The standard InChI is InChI=1S/C11H17F3N2OS/c1-5-17-10(2,3)8(15-4)7-6-16-9(18-7)11(12,13)14/h6,8,15H,5H2,1-4H3. The number of likely N-dealkylation sites (N-methyl/N-ethyl adjacent to an activating group) is 1. The van der Waals surface area contributed by atoms with Crippen LogP contribution in [0.3, 0.4) is 0 Å². The van der Waals surface area contributed by atoms with E-state index in [4.69, 9.17) is 4.74 Å². The fraction of sp³-hybridized carbons (Fsp3) is 0.727. The Morgan fingerprint density at radius 1 is 1.44 bits per heavy atom. The van der Waals surface area contributed by atoms with Crippen molar-refractivity contribution in [3.05, 3.63) is 16.1 Å². The van der Waals surface area contributed by atoms with Gasteiger partial charge < -0.3 is 10.1 Å². The Balaban J connectivity index is 3.00. The zero-order valence-electron chi connectivity index (χ0n) is 10.8. The average molecular weight is 282 g/mol. The van der Waals surface area contributed by atoms with Gasteiger partial charge in [-0.3, -0.25) is 0 Å². The predicted molar refractivity (Wildman–Crippen MR) is 64.6 cm³/mol. The summed E-state index contributed by atoms with van der Waals surface area (Å²) in [5.41, 5.74) is -0.598. The van der Waals surface area contributed by atoms with Crippen LogP contribution < -0.4 is 5.32 Å². The SMILES string of the molecule is CCOC(C)(C)C(NC)c1cnc(C(F)(F)F)s1. The van der Waals surface area contributed by atoms with Gasteiger partial charge >= 0.3 is 6.18 Å². The van der Waals surface area contributed by atoms with Crippen LogP contribution >= 0.6 is 11.3 Å². The van der Waals surface area contributed by atoms with Crippen molar-refractivity contribution in [3.63, 3.8) is 0 Å². The summed E-state index contributed by atoms with van der Waals surface area (Å²) in [6, 6.07) is -0.328. The molecule has 7 heteroatoms. The van der Waals surface area contributed by atoms with Crippen molar-refractivity contribution in [1.82, 2.24) is 10.3 Å². The Morgan fingerprint density at radius 3 is 2.44 bits per heavy atom. The molecule has 1 rings (SSSR count). The van der Waals surface area contributed by atoms with E-state index in [1.54, 1.807) is 7.05 Å². The smallest absolute Gasteiger partial charge is 0.374 e. The second-order valence-electron chi connectivity index (χ2n) is 4.32. The Labute approximate surface area is 108 Å². The molecular weight excluding hydrogens is 265 g/mol. The second kappa shape index (κ2) is 5.54. The number of thiazole rings is 1. The van der Waals surface area contributed by atoms with Crippen molar-refractivity contribution >= 4 is 11.3 Å². The first-order chi connectivity index (χ1) is 8.22. The first kappa shape index (κ1) is 15.4. The van der Waals surface area contributed by atoms with E-state index in [1.165, 1.54) is 6.20 Å². The monoisotopic (exact) mass is 282 g/mol. The molecule has 3 nitrogen and oxygen atoms in total. The molecule has 0 aromatic carbocycles. The Kier molecular flexibility index (Phi) is 4.74. The van der Waals surface area contributed by atoms with Gasteiger partial charge in [-0.05, 0) is 27.8 Å². The van der Waals surface area contributed by atoms with E-state index in [9.17, 15) is 13.2 Å². The summed E-state index contributed by atoms with van der Waals surface area (Å²) < 4.78 is 43.1. The molecule has 0 bridgehead atoms. The van der Waals surface area contributed by atoms with Crippen molar-refractivity contribution in [1.29, 1.82) is 0 Å². The maximum atomic E-state index is 12.5. The fourth-order valence-electron chi connectivity index (χ4n) is 1.84. The van der Waals surface area contributed by atoms with Crippen molar-refractivity contribution < 1.29 is 17.9 Å². The van der Waals surface area contributed by atoms with E-state index in [-0.39, 0.29) is 6.04 Å². The number of aromatic nitrogens is 1. The van der Waals surface area contributed by atoms with Gasteiger partial charge in [-0.15, -0.1) is 11.3 Å². The van der Waals surface area contributed by atoms with Crippen molar-refractivity contribution in [3.8, 4) is 0 Å².